The second-order valence-electron chi connectivity index (χ2n) is 9.25. The van der Waals surface area contributed by atoms with E-state index in [0.29, 0.717) is 28.9 Å². The third-order valence-electron chi connectivity index (χ3n) is 6.51. The van der Waals surface area contributed by atoms with Gasteiger partial charge in [-0.05, 0) is 63.5 Å². The number of rotatable bonds is 2. The molecule has 0 aromatic heterocycles. The van der Waals surface area contributed by atoms with Crippen LogP contribution in [0, 0.1) is 17.8 Å². The molecule has 4 aliphatic rings. The molecule has 6 nitrogen and oxygen atoms in total. The number of carbonyl (C=O) groups excluding carboxylic acids is 3. The SMILES string of the molecule is CC(C)(C)OC(=O)N1C(CN2C(=O)c3ccccc3C2=O)[C@@H]2C[C@H]1[C@H]1C[C@H]12. The van der Waals surface area contributed by atoms with Crippen molar-refractivity contribution in [1.82, 2.24) is 9.80 Å². The van der Waals surface area contributed by atoms with Crippen molar-refractivity contribution in [1.29, 1.82) is 0 Å². The fraction of sp³-hybridized carbons (Fsp3) is 0.571. The molecule has 3 fully saturated rings. The van der Waals surface area contributed by atoms with Crippen molar-refractivity contribution in [2.24, 2.45) is 17.8 Å². The second kappa shape index (κ2) is 5.33. The van der Waals surface area contributed by atoms with Crippen LogP contribution >= 0.6 is 0 Å². The van der Waals surface area contributed by atoms with Gasteiger partial charge in [0, 0.05) is 6.04 Å². The van der Waals surface area contributed by atoms with Gasteiger partial charge in [0.1, 0.15) is 5.60 Å². The summed E-state index contributed by atoms with van der Waals surface area (Å²) in [6.45, 7) is 5.84. The highest BCUT2D eigenvalue weighted by atomic mass is 16.6. The molecule has 2 heterocycles. The minimum atomic E-state index is -0.568. The molecule has 2 aliphatic heterocycles. The Hall–Kier alpha value is -2.37. The van der Waals surface area contributed by atoms with Crippen LogP contribution in [0.1, 0.15) is 54.3 Å². The average Bonchev–Trinajstić information content (AvgIpc) is 3.15. The highest BCUT2D eigenvalue weighted by molar-refractivity contribution is 6.21. The van der Waals surface area contributed by atoms with Crippen molar-refractivity contribution in [3.05, 3.63) is 35.4 Å². The van der Waals surface area contributed by atoms with Gasteiger partial charge in [0.2, 0.25) is 0 Å². The number of benzene rings is 1. The molecular weight excluding hydrogens is 344 g/mol. The van der Waals surface area contributed by atoms with Gasteiger partial charge in [-0.15, -0.1) is 0 Å². The summed E-state index contributed by atoms with van der Waals surface area (Å²) in [6.07, 6.45) is 1.79. The summed E-state index contributed by atoms with van der Waals surface area (Å²) in [5.41, 5.74) is 0.347. The maximum atomic E-state index is 12.9. The van der Waals surface area contributed by atoms with Gasteiger partial charge in [-0.25, -0.2) is 4.79 Å². The lowest BCUT2D eigenvalue weighted by atomic mass is 9.96. The topological polar surface area (TPSA) is 66.9 Å². The molecule has 1 aromatic carbocycles. The molecule has 0 spiro atoms. The molecule has 1 saturated heterocycles. The molecule has 2 saturated carbocycles. The molecular formula is C21H24N2O4. The van der Waals surface area contributed by atoms with E-state index in [2.05, 4.69) is 0 Å². The largest absolute Gasteiger partial charge is 0.444 e. The van der Waals surface area contributed by atoms with E-state index in [-0.39, 0.29) is 36.5 Å². The van der Waals surface area contributed by atoms with Gasteiger partial charge in [-0.1, -0.05) is 12.1 Å². The third-order valence-corrected chi connectivity index (χ3v) is 6.51. The molecule has 2 bridgehead atoms. The first kappa shape index (κ1) is 16.8. The number of hydrogen-bond acceptors (Lipinski definition) is 4. The number of carbonyl (C=O) groups is 3. The van der Waals surface area contributed by atoms with Crippen molar-refractivity contribution in [3.63, 3.8) is 0 Å². The van der Waals surface area contributed by atoms with Gasteiger partial charge in [-0.3, -0.25) is 19.4 Å². The lowest BCUT2D eigenvalue weighted by molar-refractivity contribution is 0.00185. The van der Waals surface area contributed by atoms with Crippen LogP contribution in [-0.2, 0) is 4.74 Å². The number of imide groups is 1. The quantitative estimate of drug-likeness (QED) is 0.753. The fourth-order valence-corrected chi connectivity index (χ4v) is 5.41. The Labute approximate surface area is 158 Å². The van der Waals surface area contributed by atoms with E-state index in [9.17, 15) is 14.4 Å². The molecule has 3 amide bonds. The standard InChI is InChI=1S/C21H24N2O4/c1-21(2,3)27-20(26)23-16-9-15(13-8-14(13)16)17(23)10-22-18(24)11-6-4-5-7-12(11)19(22)25/h4-7,13-17H,8-10H2,1-3H3/t13-,14+,15-,16+,17?/m1/s1. The Bertz CT molecular complexity index is 823. The Morgan fingerprint density at radius 3 is 2.26 bits per heavy atom. The predicted octanol–water partition coefficient (Wildman–Crippen LogP) is 2.93. The predicted molar refractivity (Wildman–Crippen MR) is 97.2 cm³/mol. The van der Waals surface area contributed by atoms with Crippen molar-refractivity contribution < 1.29 is 19.1 Å². The van der Waals surface area contributed by atoms with E-state index in [1.54, 1.807) is 24.3 Å². The number of fused-ring (bicyclic) bond motifs is 6. The Balaban J connectivity index is 1.41. The van der Waals surface area contributed by atoms with E-state index in [1.807, 2.05) is 25.7 Å². The zero-order valence-electron chi connectivity index (χ0n) is 15.8. The summed E-state index contributed by atoms with van der Waals surface area (Å²) in [5.74, 6) is 1.05. The van der Waals surface area contributed by atoms with Crippen LogP contribution in [0.15, 0.2) is 24.3 Å². The van der Waals surface area contributed by atoms with Crippen molar-refractivity contribution in [2.45, 2.75) is 51.3 Å². The minimum absolute atomic E-state index is 0.143. The molecule has 0 radical (unpaired) electrons. The minimum Gasteiger partial charge on any atom is -0.444 e. The molecule has 2 aliphatic carbocycles. The van der Waals surface area contributed by atoms with Crippen LogP contribution in [-0.4, -0.2) is 51.9 Å². The highest BCUT2D eigenvalue weighted by Gasteiger charge is 2.66. The summed E-state index contributed by atoms with van der Waals surface area (Å²) in [7, 11) is 0. The van der Waals surface area contributed by atoms with Crippen LogP contribution < -0.4 is 0 Å². The van der Waals surface area contributed by atoms with Crippen molar-refractivity contribution >= 4 is 17.9 Å². The normalized spacial score (nSPS) is 33.4. The average molecular weight is 368 g/mol. The van der Waals surface area contributed by atoms with Gasteiger partial charge < -0.3 is 4.74 Å². The summed E-state index contributed by atoms with van der Waals surface area (Å²) in [4.78, 5) is 41.6. The van der Waals surface area contributed by atoms with Gasteiger partial charge in [0.25, 0.3) is 11.8 Å². The molecule has 1 aromatic rings. The third kappa shape index (κ3) is 2.42. The van der Waals surface area contributed by atoms with E-state index in [0.717, 1.165) is 12.8 Å². The number of amides is 3. The van der Waals surface area contributed by atoms with E-state index in [1.165, 1.54) is 4.90 Å². The van der Waals surface area contributed by atoms with E-state index >= 15 is 0 Å². The molecule has 1 unspecified atom stereocenters. The Morgan fingerprint density at radius 2 is 1.67 bits per heavy atom. The monoisotopic (exact) mass is 368 g/mol. The number of nitrogens with zero attached hydrogens (tertiary/aromatic N) is 2. The van der Waals surface area contributed by atoms with Gasteiger partial charge in [0.15, 0.2) is 0 Å². The van der Waals surface area contributed by atoms with Crippen LogP contribution in [0.5, 0.6) is 0 Å². The molecule has 0 N–H and O–H groups in total. The lowest BCUT2D eigenvalue weighted by Gasteiger charge is -2.37. The number of likely N-dealkylation sites (tertiary alicyclic amines) is 1. The zero-order valence-corrected chi connectivity index (χ0v) is 15.8. The zero-order chi connectivity index (χ0) is 19.1. The highest BCUT2D eigenvalue weighted by Crippen LogP contribution is 2.63. The van der Waals surface area contributed by atoms with Gasteiger partial charge in [0.05, 0.1) is 23.7 Å². The molecule has 6 heteroatoms. The summed E-state index contributed by atoms with van der Waals surface area (Å²) in [5, 5.41) is 0. The van der Waals surface area contributed by atoms with Crippen LogP contribution in [0.25, 0.3) is 0 Å². The molecule has 5 rings (SSSR count). The maximum Gasteiger partial charge on any atom is 0.410 e. The van der Waals surface area contributed by atoms with Crippen molar-refractivity contribution in [3.8, 4) is 0 Å². The van der Waals surface area contributed by atoms with Crippen LogP contribution in [0.4, 0.5) is 4.79 Å². The second-order valence-corrected chi connectivity index (χ2v) is 9.25. The number of piperidine rings is 1. The Kier molecular flexibility index (Phi) is 3.31. The summed E-state index contributed by atoms with van der Waals surface area (Å²) >= 11 is 0. The van der Waals surface area contributed by atoms with Gasteiger partial charge in [-0.2, -0.15) is 0 Å². The number of ether oxygens (including phenoxy) is 1. The first-order valence-electron chi connectivity index (χ1n) is 9.73. The lowest BCUT2D eigenvalue weighted by Crippen LogP contribution is -2.53. The van der Waals surface area contributed by atoms with Crippen molar-refractivity contribution in [2.75, 3.05) is 6.54 Å². The molecule has 142 valence electrons. The van der Waals surface area contributed by atoms with E-state index < -0.39 is 5.60 Å². The summed E-state index contributed by atoms with van der Waals surface area (Å²) < 4.78 is 5.65. The molecule has 27 heavy (non-hydrogen) atoms. The van der Waals surface area contributed by atoms with Crippen LogP contribution in [0.3, 0.4) is 0 Å². The first-order chi connectivity index (χ1) is 12.8. The Morgan fingerprint density at radius 1 is 1.04 bits per heavy atom. The first-order valence-corrected chi connectivity index (χ1v) is 9.73. The van der Waals surface area contributed by atoms with E-state index in [4.69, 9.17) is 4.74 Å². The van der Waals surface area contributed by atoms with Crippen LogP contribution in [0.2, 0.25) is 0 Å². The number of hydrogen-bond donors (Lipinski definition) is 0. The molecule has 5 atom stereocenters. The fourth-order valence-electron chi connectivity index (χ4n) is 5.41. The summed E-state index contributed by atoms with van der Waals surface area (Å²) in [6, 6.07) is 6.98. The van der Waals surface area contributed by atoms with Gasteiger partial charge >= 0.3 is 6.09 Å². The maximum absolute atomic E-state index is 12.9. The smallest absolute Gasteiger partial charge is 0.410 e.